The zero-order chi connectivity index (χ0) is 14.4. The van der Waals surface area contributed by atoms with Crippen LogP contribution in [0.5, 0.6) is 0 Å². The molecule has 18 heavy (non-hydrogen) atoms. The Kier molecular flexibility index (Phi) is 14.4. The molecule has 104 valence electrons. The molecule has 4 heteroatoms. The number of rotatable bonds is 6. The summed E-state index contributed by atoms with van der Waals surface area (Å²) in [5.74, 6) is -0.245. The maximum atomic E-state index is 11.3. The van der Waals surface area contributed by atoms with Crippen LogP contribution in [0.25, 0.3) is 0 Å². The molecule has 0 N–H and O–H groups in total. The molecule has 0 aromatic carbocycles. The van der Waals surface area contributed by atoms with Gasteiger partial charge < -0.3 is 4.84 Å². The van der Waals surface area contributed by atoms with Crippen LogP contribution in [0.15, 0.2) is 23.8 Å². The summed E-state index contributed by atoms with van der Waals surface area (Å²) in [6, 6.07) is 0. The van der Waals surface area contributed by atoms with Crippen LogP contribution in [0.2, 0.25) is 0 Å². The fourth-order valence-electron chi connectivity index (χ4n) is 1.01. The number of hydroxylamine groups is 2. The van der Waals surface area contributed by atoms with Crippen LogP contribution in [-0.2, 0) is 14.4 Å². The lowest BCUT2D eigenvalue weighted by molar-refractivity contribution is -0.183. The summed E-state index contributed by atoms with van der Waals surface area (Å²) in [5.41, 5.74) is 0.675. The number of carbonyl (C=O) groups is 2. The van der Waals surface area contributed by atoms with Crippen LogP contribution in [0.1, 0.15) is 41.0 Å². The zero-order valence-corrected chi connectivity index (χ0v) is 12.1. The number of nitrogens with zero attached hydrogens (tertiary/aromatic N) is 1. The quantitative estimate of drug-likeness (QED) is 0.416. The van der Waals surface area contributed by atoms with Crippen molar-refractivity contribution in [2.45, 2.75) is 41.0 Å². The van der Waals surface area contributed by atoms with Crippen LogP contribution in [0.3, 0.4) is 0 Å². The van der Waals surface area contributed by atoms with Gasteiger partial charge in [-0.2, -0.15) is 0 Å². The molecule has 0 radical (unpaired) electrons. The van der Waals surface area contributed by atoms with Gasteiger partial charge in [0.1, 0.15) is 6.29 Å². The van der Waals surface area contributed by atoms with Gasteiger partial charge in [0, 0.05) is 18.7 Å². The summed E-state index contributed by atoms with van der Waals surface area (Å²) in [7, 11) is 0. The fourth-order valence-corrected chi connectivity index (χ4v) is 1.01. The van der Waals surface area contributed by atoms with E-state index in [-0.39, 0.29) is 5.97 Å². The van der Waals surface area contributed by atoms with E-state index in [1.54, 1.807) is 25.0 Å². The van der Waals surface area contributed by atoms with E-state index in [2.05, 4.69) is 0 Å². The summed E-state index contributed by atoms with van der Waals surface area (Å²) < 4.78 is 0. The normalized spacial score (nSPS) is 11.1. The fraction of sp³-hybridized carbons (Fsp3) is 0.571. The summed E-state index contributed by atoms with van der Waals surface area (Å²) in [6.07, 6.45) is 6.61. The van der Waals surface area contributed by atoms with Crippen molar-refractivity contribution < 1.29 is 14.4 Å². The Morgan fingerprint density at radius 2 is 1.78 bits per heavy atom. The lowest BCUT2D eigenvalue weighted by Gasteiger charge is -2.17. The molecule has 0 heterocycles. The van der Waals surface area contributed by atoms with E-state index in [9.17, 15) is 9.59 Å². The van der Waals surface area contributed by atoms with Gasteiger partial charge in [0.15, 0.2) is 0 Å². The molecule has 4 nitrogen and oxygen atoms in total. The van der Waals surface area contributed by atoms with Crippen LogP contribution in [-0.4, -0.2) is 30.4 Å². The molecule has 0 saturated heterocycles. The van der Waals surface area contributed by atoms with Gasteiger partial charge in [-0.05, 0) is 40.2 Å². The average Bonchev–Trinajstić information content (AvgIpc) is 2.37. The van der Waals surface area contributed by atoms with Crippen LogP contribution in [0.4, 0.5) is 0 Å². The molecule has 0 aromatic rings. The lowest BCUT2D eigenvalue weighted by atomic mass is 10.2. The highest BCUT2D eigenvalue weighted by atomic mass is 16.7. The molecule has 0 aliphatic carbocycles. The van der Waals surface area contributed by atoms with E-state index >= 15 is 0 Å². The maximum Gasteiger partial charge on any atom is 0.352 e. The van der Waals surface area contributed by atoms with E-state index in [1.807, 2.05) is 26.8 Å². The first-order valence-electron chi connectivity index (χ1n) is 6.27. The summed E-state index contributed by atoms with van der Waals surface area (Å²) >= 11 is 0. The van der Waals surface area contributed by atoms with Crippen molar-refractivity contribution in [2.24, 2.45) is 0 Å². The highest BCUT2D eigenvalue weighted by molar-refractivity contribution is 5.87. The predicted molar refractivity (Wildman–Crippen MR) is 73.9 cm³/mol. The lowest BCUT2D eigenvalue weighted by Crippen LogP contribution is -2.27. The molecule has 0 amide bonds. The summed E-state index contributed by atoms with van der Waals surface area (Å²) in [5, 5.41) is 1.63. The van der Waals surface area contributed by atoms with E-state index in [0.717, 1.165) is 25.8 Å². The Balaban J connectivity index is 0. The molecule has 0 rings (SSSR count). The molecule has 0 unspecified atom stereocenters. The topological polar surface area (TPSA) is 46.6 Å². The molecule has 0 fully saturated rings. The maximum absolute atomic E-state index is 11.3. The third-order valence-electron chi connectivity index (χ3n) is 2.02. The number of hydrogen-bond donors (Lipinski definition) is 0. The molecule has 0 atom stereocenters. The minimum atomic E-state index is -0.245. The van der Waals surface area contributed by atoms with Crippen LogP contribution in [0, 0.1) is 0 Å². The van der Waals surface area contributed by atoms with Gasteiger partial charge in [0.25, 0.3) is 0 Å². The Morgan fingerprint density at radius 1 is 1.22 bits per heavy atom. The van der Waals surface area contributed by atoms with Gasteiger partial charge in [-0.15, -0.1) is 5.06 Å². The number of allylic oxidation sites excluding steroid dienone is 3. The third kappa shape index (κ3) is 11.1. The van der Waals surface area contributed by atoms with Crippen molar-refractivity contribution in [3.8, 4) is 0 Å². The van der Waals surface area contributed by atoms with Crippen LogP contribution >= 0.6 is 0 Å². The molecular weight excluding hydrogens is 230 g/mol. The van der Waals surface area contributed by atoms with Gasteiger partial charge >= 0.3 is 5.97 Å². The van der Waals surface area contributed by atoms with Gasteiger partial charge in [-0.25, -0.2) is 4.79 Å². The zero-order valence-electron chi connectivity index (χ0n) is 12.1. The Labute approximate surface area is 110 Å². The van der Waals surface area contributed by atoms with Crippen molar-refractivity contribution in [1.29, 1.82) is 0 Å². The second kappa shape index (κ2) is 13.6. The van der Waals surface area contributed by atoms with Crippen molar-refractivity contribution in [1.82, 2.24) is 5.06 Å². The van der Waals surface area contributed by atoms with Gasteiger partial charge in [0.05, 0.1) is 0 Å². The highest BCUT2D eigenvalue weighted by Crippen LogP contribution is 2.01. The van der Waals surface area contributed by atoms with Crippen molar-refractivity contribution in [3.05, 3.63) is 23.8 Å². The predicted octanol–water partition coefficient (Wildman–Crippen LogP) is 2.90. The van der Waals surface area contributed by atoms with E-state index in [0.29, 0.717) is 5.57 Å². The first-order chi connectivity index (χ1) is 8.56. The largest absolute Gasteiger partial charge is 0.364 e. The van der Waals surface area contributed by atoms with Gasteiger partial charge in [0.2, 0.25) is 0 Å². The van der Waals surface area contributed by atoms with Crippen LogP contribution < -0.4 is 0 Å². The van der Waals surface area contributed by atoms with Crippen molar-refractivity contribution >= 4 is 12.3 Å². The number of carbonyl (C=O) groups excluding carboxylic acids is 2. The second-order valence-corrected chi connectivity index (χ2v) is 3.45. The Morgan fingerprint density at radius 3 is 2.06 bits per heavy atom. The minimum absolute atomic E-state index is 0.245. The summed E-state index contributed by atoms with van der Waals surface area (Å²) in [4.78, 5) is 25.7. The minimum Gasteiger partial charge on any atom is -0.364 e. The molecule has 0 bridgehead atoms. The van der Waals surface area contributed by atoms with E-state index in [1.165, 1.54) is 6.08 Å². The van der Waals surface area contributed by atoms with Gasteiger partial charge in [-0.3, -0.25) is 4.79 Å². The molecule has 0 aromatic heterocycles. The van der Waals surface area contributed by atoms with Crippen molar-refractivity contribution in [3.63, 3.8) is 0 Å². The molecule has 0 aliphatic heterocycles. The smallest absolute Gasteiger partial charge is 0.352 e. The molecular formula is C14H25NO3. The van der Waals surface area contributed by atoms with E-state index < -0.39 is 0 Å². The number of aldehydes is 1. The first kappa shape index (κ1) is 18.9. The SMILES string of the molecule is CC=CC=O.CCC=C(C)C(=O)ON(CC)CC. The molecule has 0 saturated carbocycles. The first-order valence-corrected chi connectivity index (χ1v) is 6.27. The molecule has 0 aliphatic rings. The molecule has 0 spiro atoms. The Bertz CT molecular complexity index is 279. The monoisotopic (exact) mass is 255 g/mol. The second-order valence-electron chi connectivity index (χ2n) is 3.45. The third-order valence-corrected chi connectivity index (χ3v) is 2.02. The Hall–Kier alpha value is -1.42. The average molecular weight is 255 g/mol. The van der Waals surface area contributed by atoms with Gasteiger partial charge in [-0.1, -0.05) is 19.1 Å². The van der Waals surface area contributed by atoms with E-state index in [4.69, 9.17) is 4.84 Å². The van der Waals surface area contributed by atoms with Crippen molar-refractivity contribution in [2.75, 3.05) is 13.1 Å². The summed E-state index contributed by atoms with van der Waals surface area (Å²) in [6.45, 7) is 10.9. The highest BCUT2D eigenvalue weighted by Gasteiger charge is 2.09. The number of hydrogen-bond acceptors (Lipinski definition) is 4. The standard InChI is InChI=1S/C10H19NO2.C4H6O/c1-5-8-9(4)10(12)13-11(6-2)7-3;1-2-3-4-5/h8H,5-7H2,1-4H3;2-4H,1H3.